The molecule has 144 valence electrons. The lowest BCUT2D eigenvalue weighted by molar-refractivity contribution is -0.119. The number of methoxy groups -OCH3 is 1. The summed E-state index contributed by atoms with van der Waals surface area (Å²) in [5.74, 6) is 0.0156. The standard InChI is InChI=1S/C19H21Cl2N3O3/c1-3-24(11-17(25)22-15-9-4-5-10-16(15)27-2)12-18(26)23-19-13(20)7-6-8-14(19)21/h4-10H,3,11-12H2,1-2H3,(H,22,25)(H,23,26). The Morgan fingerprint density at radius 1 is 0.963 bits per heavy atom. The lowest BCUT2D eigenvalue weighted by Crippen LogP contribution is -2.38. The molecule has 0 saturated heterocycles. The summed E-state index contributed by atoms with van der Waals surface area (Å²) in [6.07, 6.45) is 0. The number of nitrogens with zero attached hydrogens (tertiary/aromatic N) is 1. The molecule has 0 atom stereocenters. The van der Waals surface area contributed by atoms with Gasteiger partial charge < -0.3 is 15.4 Å². The largest absolute Gasteiger partial charge is 0.495 e. The number of benzene rings is 2. The number of carbonyl (C=O) groups is 2. The Balaban J connectivity index is 1.94. The summed E-state index contributed by atoms with van der Waals surface area (Å²) in [5, 5.41) is 6.19. The molecule has 0 bridgehead atoms. The van der Waals surface area contributed by atoms with Crippen molar-refractivity contribution in [2.24, 2.45) is 0 Å². The molecule has 0 radical (unpaired) electrons. The van der Waals surface area contributed by atoms with Crippen molar-refractivity contribution in [2.75, 3.05) is 37.4 Å². The molecule has 0 aliphatic carbocycles. The Labute approximate surface area is 168 Å². The van der Waals surface area contributed by atoms with Crippen LogP contribution >= 0.6 is 23.2 Å². The lowest BCUT2D eigenvalue weighted by atomic mass is 10.3. The van der Waals surface area contributed by atoms with Crippen molar-refractivity contribution in [3.8, 4) is 5.75 Å². The zero-order chi connectivity index (χ0) is 19.8. The summed E-state index contributed by atoms with van der Waals surface area (Å²) in [4.78, 5) is 26.3. The molecule has 0 heterocycles. The molecule has 2 aromatic rings. The van der Waals surface area contributed by atoms with Gasteiger partial charge in [-0.1, -0.05) is 48.3 Å². The predicted octanol–water partition coefficient (Wildman–Crippen LogP) is 3.90. The van der Waals surface area contributed by atoms with Gasteiger partial charge in [0.05, 0.1) is 41.6 Å². The molecular formula is C19H21Cl2N3O3. The van der Waals surface area contributed by atoms with Crippen molar-refractivity contribution in [3.05, 3.63) is 52.5 Å². The fourth-order valence-electron chi connectivity index (χ4n) is 2.42. The van der Waals surface area contributed by atoms with E-state index in [2.05, 4.69) is 10.6 Å². The Hall–Kier alpha value is -2.28. The average Bonchev–Trinajstić information content (AvgIpc) is 2.64. The second-order valence-corrected chi connectivity index (χ2v) is 6.51. The van der Waals surface area contributed by atoms with Crippen LogP contribution in [0.4, 0.5) is 11.4 Å². The van der Waals surface area contributed by atoms with E-state index in [1.807, 2.05) is 13.0 Å². The minimum absolute atomic E-state index is 0.0252. The van der Waals surface area contributed by atoms with E-state index >= 15 is 0 Å². The van der Waals surface area contributed by atoms with Crippen molar-refractivity contribution in [1.29, 1.82) is 0 Å². The van der Waals surface area contributed by atoms with Gasteiger partial charge in [-0.2, -0.15) is 0 Å². The van der Waals surface area contributed by atoms with Gasteiger partial charge in [-0.15, -0.1) is 0 Å². The monoisotopic (exact) mass is 409 g/mol. The van der Waals surface area contributed by atoms with Gasteiger partial charge in [0.1, 0.15) is 5.75 Å². The maximum absolute atomic E-state index is 12.3. The number of hydrogen-bond donors (Lipinski definition) is 2. The van der Waals surface area contributed by atoms with Crippen LogP contribution in [-0.4, -0.2) is 43.5 Å². The molecule has 0 fully saturated rings. The summed E-state index contributed by atoms with van der Waals surface area (Å²) < 4.78 is 5.21. The number of nitrogens with one attached hydrogen (secondary N) is 2. The normalized spacial score (nSPS) is 10.6. The molecule has 0 aliphatic heterocycles. The Morgan fingerprint density at radius 2 is 1.56 bits per heavy atom. The van der Waals surface area contributed by atoms with Crippen molar-refractivity contribution >= 4 is 46.4 Å². The van der Waals surface area contributed by atoms with E-state index in [0.717, 1.165) is 0 Å². The van der Waals surface area contributed by atoms with E-state index in [-0.39, 0.29) is 24.9 Å². The highest BCUT2D eigenvalue weighted by molar-refractivity contribution is 6.39. The third kappa shape index (κ3) is 6.13. The van der Waals surface area contributed by atoms with Gasteiger partial charge >= 0.3 is 0 Å². The first-order valence-electron chi connectivity index (χ1n) is 8.33. The molecule has 27 heavy (non-hydrogen) atoms. The van der Waals surface area contributed by atoms with Crippen molar-refractivity contribution in [2.45, 2.75) is 6.92 Å². The minimum Gasteiger partial charge on any atom is -0.495 e. The first kappa shape index (κ1) is 21.0. The van der Waals surface area contributed by atoms with E-state index in [4.69, 9.17) is 27.9 Å². The molecular weight excluding hydrogens is 389 g/mol. The molecule has 0 saturated carbocycles. The number of halogens is 2. The summed E-state index contributed by atoms with van der Waals surface area (Å²) in [7, 11) is 1.54. The lowest BCUT2D eigenvalue weighted by Gasteiger charge is -2.20. The van der Waals surface area contributed by atoms with Crippen molar-refractivity contribution in [3.63, 3.8) is 0 Å². The van der Waals surface area contributed by atoms with Gasteiger partial charge in [-0.3, -0.25) is 14.5 Å². The fourth-order valence-corrected chi connectivity index (χ4v) is 2.91. The van der Waals surface area contributed by atoms with E-state index < -0.39 is 0 Å². The van der Waals surface area contributed by atoms with Crippen LogP contribution in [0.5, 0.6) is 5.75 Å². The number of para-hydroxylation sites is 3. The van der Waals surface area contributed by atoms with E-state index in [1.165, 1.54) is 7.11 Å². The topological polar surface area (TPSA) is 70.7 Å². The van der Waals surface area contributed by atoms with Crippen LogP contribution in [0.15, 0.2) is 42.5 Å². The van der Waals surface area contributed by atoms with Gasteiger partial charge in [0.15, 0.2) is 0 Å². The first-order valence-corrected chi connectivity index (χ1v) is 9.09. The van der Waals surface area contributed by atoms with Crippen LogP contribution in [0.1, 0.15) is 6.92 Å². The van der Waals surface area contributed by atoms with Crippen LogP contribution in [-0.2, 0) is 9.59 Å². The molecule has 6 nitrogen and oxygen atoms in total. The highest BCUT2D eigenvalue weighted by Gasteiger charge is 2.16. The number of hydrogen-bond acceptors (Lipinski definition) is 4. The fraction of sp³-hybridized carbons (Fsp3) is 0.263. The van der Waals surface area contributed by atoms with Gasteiger partial charge in [0.25, 0.3) is 0 Å². The number of rotatable bonds is 8. The van der Waals surface area contributed by atoms with Crippen LogP contribution in [0.25, 0.3) is 0 Å². The highest BCUT2D eigenvalue weighted by atomic mass is 35.5. The maximum Gasteiger partial charge on any atom is 0.238 e. The molecule has 2 rings (SSSR count). The molecule has 2 aromatic carbocycles. The van der Waals surface area contributed by atoms with Gasteiger partial charge in [0, 0.05) is 0 Å². The molecule has 0 unspecified atom stereocenters. The van der Waals surface area contributed by atoms with Crippen molar-refractivity contribution < 1.29 is 14.3 Å². The van der Waals surface area contributed by atoms with Gasteiger partial charge in [-0.25, -0.2) is 0 Å². The average molecular weight is 410 g/mol. The predicted molar refractivity (Wildman–Crippen MR) is 109 cm³/mol. The van der Waals surface area contributed by atoms with Crippen LogP contribution in [0.3, 0.4) is 0 Å². The second-order valence-electron chi connectivity index (χ2n) is 5.70. The Bertz CT molecular complexity index is 794. The van der Waals surface area contributed by atoms with Crippen molar-refractivity contribution in [1.82, 2.24) is 4.90 Å². The maximum atomic E-state index is 12.3. The van der Waals surface area contributed by atoms with Gasteiger partial charge in [0.2, 0.25) is 11.8 Å². The smallest absolute Gasteiger partial charge is 0.238 e. The number of ether oxygens (including phenoxy) is 1. The molecule has 0 aromatic heterocycles. The molecule has 2 N–H and O–H groups in total. The third-order valence-corrected chi connectivity index (χ3v) is 4.42. The summed E-state index contributed by atoms with van der Waals surface area (Å²) >= 11 is 12.1. The summed E-state index contributed by atoms with van der Waals surface area (Å²) in [5.41, 5.74) is 0.939. The van der Waals surface area contributed by atoms with Crippen LogP contribution in [0, 0.1) is 0 Å². The molecule has 2 amide bonds. The molecule has 8 heteroatoms. The first-order chi connectivity index (χ1) is 12.9. The SMILES string of the molecule is CCN(CC(=O)Nc1ccccc1OC)CC(=O)Nc1c(Cl)cccc1Cl. The second kappa shape index (κ2) is 10.2. The zero-order valence-corrected chi connectivity index (χ0v) is 16.6. The zero-order valence-electron chi connectivity index (χ0n) is 15.1. The molecule has 0 aliphatic rings. The quantitative estimate of drug-likeness (QED) is 0.693. The number of carbonyl (C=O) groups excluding carboxylic acids is 2. The Morgan fingerprint density at radius 3 is 2.15 bits per heavy atom. The summed E-state index contributed by atoms with van der Waals surface area (Å²) in [6, 6.07) is 12.1. The number of anilines is 2. The van der Waals surface area contributed by atoms with Crippen LogP contribution < -0.4 is 15.4 Å². The minimum atomic E-state index is -0.308. The van der Waals surface area contributed by atoms with E-state index in [9.17, 15) is 9.59 Å². The third-order valence-electron chi connectivity index (χ3n) is 3.79. The number of likely N-dealkylation sites (N-methyl/N-ethyl adjacent to an activating group) is 1. The highest BCUT2D eigenvalue weighted by Crippen LogP contribution is 2.29. The van der Waals surface area contributed by atoms with Gasteiger partial charge in [-0.05, 0) is 30.8 Å². The Kier molecular flexibility index (Phi) is 7.91. The van der Waals surface area contributed by atoms with E-state index in [1.54, 1.807) is 41.3 Å². The van der Waals surface area contributed by atoms with Crippen LogP contribution in [0.2, 0.25) is 10.0 Å². The number of amides is 2. The molecule has 0 spiro atoms. The van der Waals surface area contributed by atoms with E-state index in [0.29, 0.717) is 33.7 Å². The summed E-state index contributed by atoms with van der Waals surface area (Å²) in [6.45, 7) is 2.46.